The topological polar surface area (TPSA) is 57.8 Å². The van der Waals surface area contributed by atoms with Gasteiger partial charge in [-0.05, 0) is 30.3 Å². The van der Waals surface area contributed by atoms with Crippen LogP contribution >= 0.6 is 23.2 Å². The van der Waals surface area contributed by atoms with E-state index in [0.29, 0.717) is 15.7 Å². The zero-order chi connectivity index (χ0) is 14.1. The van der Waals surface area contributed by atoms with E-state index in [0.717, 1.165) is 10.9 Å². The molecule has 0 aliphatic heterocycles. The van der Waals surface area contributed by atoms with Gasteiger partial charge in [0.25, 0.3) is 5.91 Å². The molecule has 2 aromatic carbocycles. The molecule has 3 rings (SSSR count). The number of amides is 1. The molecule has 3 aromatic rings. The van der Waals surface area contributed by atoms with E-state index in [2.05, 4.69) is 15.5 Å². The van der Waals surface area contributed by atoms with E-state index < -0.39 is 0 Å². The maximum atomic E-state index is 12.2. The zero-order valence-corrected chi connectivity index (χ0v) is 11.7. The minimum Gasteiger partial charge on any atom is -0.322 e. The molecule has 0 aliphatic rings. The predicted octanol–water partition coefficient (Wildman–Crippen LogP) is 4.12. The Labute approximate surface area is 124 Å². The Morgan fingerprint density at radius 3 is 2.65 bits per heavy atom. The average molecular weight is 306 g/mol. The number of fused-ring (bicyclic) bond motifs is 1. The van der Waals surface area contributed by atoms with Crippen LogP contribution in [0.1, 0.15) is 10.4 Å². The number of rotatable bonds is 2. The van der Waals surface area contributed by atoms with E-state index in [1.165, 1.54) is 0 Å². The van der Waals surface area contributed by atoms with E-state index in [1.54, 1.807) is 36.5 Å². The summed E-state index contributed by atoms with van der Waals surface area (Å²) in [6.45, 7) is 0. The molecular formula is C14H9Cl2N3O. The molecule has 1 heterocycles. The first-order valence-corrected chi connectivity index (χ1v) is 6.59. The fourth-order valence-electron chi connectivity index (χ4n) is 1.92. The summed E-state index contributed by atoms with van der Waals surface area (Å²) >= 11 is 12.0. The fraction of sp³-hybridized carbons (Fsp3) is 0. The SMILES string of the molecule is O=C(Nc1ccc2cn[nH]c2c1)c1c(Cl)cccc1Cl. The molecule has 0 bridgehead atoms. The van der Waals surface area contributed by atoms with Crippen LogP contribution in [0.3, 0.4) is 0 Å². The first-order valence-electron chi connectivity index (χ1n) is 5.83. The van der Waals surface area contributed by atoms with Crippen LogP contribution in [0.2, 0.25) is 10.0 Å². The van der Waals surface area contributed by atoms with Crippen molar-refractivity contribution < 1.29 is 4.79 Å². The Hall–Kier alpha value is -2.04. The summed E-state index contributed by atoms with van der Waals surface area (Å²) in [5.74, 6) is -0.348. The van der Waals surface area contributed by atoms with Gasteiger partial charge in [0.15, 0.2) is 0 Å². The number of aromatic amines is 1. The molecule has 0 unspecified atom stereocenters. The highest BCUT2D eigenvalue weighted by Crippen LogP contribution is 2.25. The van der Waals surface area contributed by atoms with Gasteiger partial charge in [-0.1, -0.05) is 29.3 Å². The summed E-state index contributed by atoms with van der Waals surface area (Å²) in [5, 5.41) is 11.1. The monoisotopic (exact) mass is 305 g/mol. The number of aromatic nitrogens is 2. The van der Waals surface area contributed by atoms with Crippen molar-refractivity contribution in [3.05, 3.63) is 58.2 Å². The van der Waals surface area contributed by atoms with E-state index >= 15 is 0 Å². The number of nitrogens with one attached hydrogen (secondary N) is 2. The van der Waals surface area contributed by atoms with Crippen molar-refractivity contribution in [2.24, 2.45) is 0 Å². The van der Waals surface area contributed by atoms with Crippen molar-refractivity contribution >= 4 is 45.7 Å². The maximum absolute atomic E-state index is 12.2. The van der Waals surface area contributed by atoms with Gasteiger partial charge in [0.2, 0.25) is 0 Å². The van der Waals surface area contributed by atoms with Crippen molar-refractivity contribution in [2.75, 3.05) is 5.32 Å². The first kappa shape index (κ1) is 13.0. The van der Waals surface area contributed by atoms with Gasteiger partial charge >= 0.3 is 0 Å². The van der Waals surface area contributed by atoms with Gasteiger partial charge in [0.05, 0.1) is 27.3 Å². The molecule has 6 heteroatoms. The lowest BCUT2D eigenvalue weighted by atomic mass is 10.2. The normalized spacial score (nSPS) is 10.7. The minimum absolute atomic E-state index is 0.264. The van der Waals surface area contributed by atoms with E-state index in [9.17, 15) is 4.79 Å². The molecule has 20 heavy (non-hydrogen) atoms. The number of carbonyl (C=O) groups is 1. The molecule has 2 N–H and O–H groups in total. The molecule has 0 aliphatic carbocycles. The molecular weight excluding hydrogens is 297 g/mol. The predicted molar refractivity (Wildman–Crippen MR) is 80.5 cm³/mol. The smallest absolute Gasteiger partial charge is 0.258 e. The van der Waals surface area contributed by atoms with Crippen LogP contribution in [0.25, 0.3) is 10.9 Å². The molecule has 100 valence electrons. The average Bonchev–Trinajstić information content (AvgIpc) is 2.85. The standard InChI is InChI=1S/C14H9Cl2N3O/c15-10-2-1-3-11(16)13(10)14(20)18-9-5-4-8-7-17-19-12(8)6-9/h1-7H,(H,17,19)(H,18,20). The number of nitrogens with zero attached hydrogens (tertiary/aromatic N) is 1. The van der Waals surface area contributed by atoms with Gasteiger partial charge < -0.3 is 5.32 Å². The van der Waals surface area contributed by atoms with Crippen LogP contribution in [-0.4, -0.2) is 16.1 Å². The third-order valence-electron chi connectivity index (χ3n) is 2.89. The highest BCUT2D eigenvalue weighted by molar-refractivity contribution is 6.40. The highest BCUT2D eigenvalue weighted by atomic mass is 35.5. The lowest BCUT2D eigenvalue weighted by Gasteiger charge is -2.08. The number of carbonyl (C=O) groups excluding carboxylic acids is 1. The van der Waals surface area contributed by atoms with Gasteiger partial charge in [0, 0.05) is 11.1 Å². The summed E-state index contributed by atoms with van der Waals surface area (Å²) in [5.41, 5.74) is 1.75. The van der Waals surface area contributed by atoms with Gasteiger partial charge in [-0.15, -0.1) is 0 Å². The van der Waals surface area contributed by atoms with Crippen molar-refractivity contribution in [1.82, 2.24) is 10.2 Å². The van der Waals surface area contributed by atoms with Crippen LogP contribution in [0, 0.1) is 0 Å². The van der Waals surface area contributed by atoms with Crippen LogP contribution in [0.5, 0.6) is 0 Å². The lowest BCUT2D eigenvalue weighted by Crippen LogP contribution is -2.13. The van der Waals surface area contributed by atoms with E-state index in [-0.39, 0.29) is 11.5 Å². The summed E-state index contributed by atoms with van der Waals surface area (Å²) in [4.78, 5) is 12.2. The molecule has 0 saturated heterocycles. The molecule has 1 amide bonds. The van der Waals surface area contributed by atoms with Crippen LogP contribution in [0.4, 0.5) is 5.69 Å². The first-order chi connectivity index (χ1) is 9.65. The molecule has 0 saturated carbocycles. The Morgan fingerprint density at radius 1 is 1.15 bits per heavy atom. The molecule has 0 spiro atoms. The van der Waals surface area contributed by atoms with Crippen molar-refractivity contribution in [3.8, 4) is 0 Å². The van der Waals surface area contributed by atoms with Gasteiger partial charge in [-0.2, -0.15) is 5.10 Å². The number of anilines is 1. The Bertz CT molecular complexity index is 778. The van der Waals surface area contributed by atoms with E-state index in [1.807, 2.05) is 6.07 Å². The summed E-state index contributed by atoms with van der Waals surface area (Å²) in [6.07, 6.45) is 1.71. The summed E-state index contributed by atoms with van der Waals surface area (Å²) < 4.78 is 0. The molecule has 0 fully saturated rings. The summed E-state index contributed by atoms with van der Waals surface area (Å²) in [7, 11) is 0. The van der Waals surface area contributed by atoms with Crippen molar-refractivity contribution in [2.45, 2.75) is 0 Å². The molecule has 0 radical (unpaired) electrons. The number of H-pyrrole nitrogens is 1. The Morgan fingerprint density at radius 2 is 1.90 bits per heavy atom. The molecule has 4 nitrogen and oxygen atoms in total. The molecule has 1 aromatic heterocycles. The van der Waals surface area contributed by atoms with Crippen LogP contribution < -0.4 is 5.32 Å². The minimum atomic E-state index is -0.348. The number of halogens is 2. The lowest BCUT2D eigenvalue weighted by molar-refractivity contribution is 0.102. The van der Waals surface area contributed by atoms with E-state index in [4.69, 9.17) is 23.2 Å². The van der Waals surface area contributed by atoms with Crippen LogP contribution in [-0.2, 0) is 0 Å². The summed E-state index contributed by atoms with van der Waals surface area (Å²) in [6, 6.07) is 10.4. The third-order valence-corrected chi connectivity index (χ3v) is 3.52. The van der Waals surface area contributed by atoms with Gasteiger partial charge in [0.1, 0.15) is 0 Å². The maximum Gasteiger partial charge on any atom is 0.258 e. The zero-order valence-electron chi connectivity index (χ0n) is 10.2. The number of hydrogen-bond donors (Lipinski definition) is 2. The van der Waals surface area contributed by atoms with Crippen molar-refractivity contribution in [3.63, 3.8) is 0 Å². The largest absolute Gasteiger partial charge is 0.322 e. The second-order valence-electron chi connectivity index (χ2n) is 4.22. The third kappa shape index (κ3) is 2.35. The number of benzene rings is 2. The molecule has 0 atom stereocenters. The highest BCUT2D eigenvalue weighted by Gasteiger charge is 2.14. The quantitative estimate of drug-likeness (QED) is 0.748. The number of hydrogen-bond acceptors (Lipinski definition) is 2. The van der Waals surface area contributed by atoms with Gasteiger partial charge in [-0.25, -0.2) is 0 Å². The second-order valence-corrected chi connectivity index (χ2v) is 5.04. The van der Waals surface area contributed by atoms with Gasteiger partial charge in [-0.3, -0.25) is 9.89 Å². The Balaban J connectivity index is 1.92. The van der Waals surface area contributed by atoms with Crippen LogP contribution in [0.15, 0.2) is 42.6 Å². The second kappa shape index (κ2) is 5.15. The fourth-order valence-corrected chi connectivity index (χ4v) is 2.49. The Kier molecular flexibility index (Phi) is 3.34. The van der Waals surface area contributed by atoms with Crippen molar-refractivity contribution in [1.29, 1.82) is 0 Å².